The normalized spacial score (nSPS) is 11.9. The molecule has 0 atom stereocenters. The second-order valence-electron chi connectivity index (χ2n) is 5.38. The third kappa shape index (κ3) is 5.28. The summed E-state index contributed by atoms with van der Waals surface area (Å²) in [4.78, 5) is 16.0. The number of rotatable bonds is 4. The minimum Gasteiger partial charge on any atom is -0.304 e. The number of nitrogens with zero attached hydrogens (tertiary/aromatic N) is 1. The predicted molar refractivity (Wildman–Crippen MR) is 72.6 cm³/mol. The maximum Gasteiger partial charge on any atom is 0.240 e. The Kier molecular flexibility index (Phi) is 4.65. The molecule has 96 valence electrons. The summed E-state index contributed by atoms with van der Waals surface area (Å²) in [6.07, 6.45) is 0. The van der Waals surface area contributed by atoms with Gasteiger partial charge in [-0.3, -0.25) is 4.79 Å². The lowest BCUT2D eigenvalue weighted by Gasteiger charge is -2.19. The third-order valence-electron chi connectivity index (χ3n) is 2.14. The quantitative estimate of drug-likeness (QED) is 0.869. The van der Waals surface area contributed by atoms with Gasteiger partial charge in [0.05, 0.1) is 12.2 Å². The van der Waals surface area contributed by atoms with Crippen molar-refractivity contribution in [2.75, 3.05) is 11.9 Å². The number of amides is 1. The largest absolute Gasteiger partial charge is 0.304 e. The van der Waals surface area contributed by atoms with E-state index < -0.39 is 0 Å². The minimum atomic E-state index is -0.0523. The molecular formula is C12H21N3OS. The lowest BCUT2D eigenvalue weighted by Crippen LogP contribution is -2.41. The first-order chi connectivity index (χ1) is 7.78. The lowest BCUT2D eigenvalue weighted by atomic mass is 10.1. The van der Waals surface area contributed by atoms with E-state index >= 15 is 0 Å². The molecule has 0 unspecified atom stereocenters. The highest BCUT2D eigenvalue weighted by atomic mass is 32.1. The first-order valence-electron chi connectivity index (χ1n) is 5.78. The molecule has 0 aliphatic rings. The molecule has 4 nitrogen and oxygen atoms in total. The van der Waals surface area contributed by atoms with Crippen molar-refractivity contribution < 1.29 is 4.79 Å². The average molecular weight is 255 g/mol. The summed E-state index contributed by atoms with van der Waals surface area (Å²) in [5.41, 5.74) is 0.970. The van der Waals surface area contributed by atoms with E-state index in [9.17, 15) is 4.79 Å². The zero-order valence-electron chi connectivity index (χ0n) is 11.1. The van der Waals surface area contributed by atoms with Crippen molar-refractivity contribution in [3.63, 3.8) is 0 Å². The van der Waals surface area contributed by atoms with Gasteiger partial charge >= 0.3 is 0 Å². The smallest absolute Gasteiger partial charge is 0.240 e. The summed E-state index contributed by atoms with van der Waals surface area (Å²) in [5.74, 6) is 0.342. The first-order valence-corrected chi connectivity index (χ1v) is 6.66. The van der Waals surface area contributed by atoms with Crippen molar-refractivity contribution in [2.24, 2.45) is 0 Å². The van der Waals surface area contributed by atoms with Crippen LogP contribution in [-0.2, 0) is 4.79 Å². The van der Waals surface area contributed by atoms with Crippen LogP contribution in [0.4, 0.5) is 5.13 Å². The van der Waals surface area contributed by atoms with E-state index in [1.807, 2.05) is 26.2 Å². The molecule has 1 aromatic heterocycles. The van der Waals surface area contributed by atoms with Crippen LogP contribution in [0, 0.1) is 0 Å². The van der Waals surface area contributed by atoms with Crippen LogP contribution >= 0.6 is 11.3 Å². The Morgan fingerprint density at radius 1 is 1.47 bits per heavy atom. The highest BCUT2D eigenvalue weighted by Crippen LogP contribution is 2.21. The fourth-order valence-corrected chi connectivity index (χ4v) is 2.01. The molecule has 0 bridgehead atoms. The highest BCUT2D eigenvalue weighted by molar-refractivity contribution is 7.13. The van der Waals surface area contributed by atoms with Crippen molar-refractivity contribution in [1.82, 2.24) is 10.3 Å². The van der Waals surface area contributed by atoms with Crippen LogP contribution in [0.25, 0.3) is 0 Å². The van der Waals surface area contributed by atoms with Crippen LogP contribution in [0.2, 0.25) is 0 Å². The van der Waals surface area contributed by atoms with Gasteiger partial charge in [-0.1, -0.05) is 13.8 Å². The van der Waals surface area contributed by atoms with Crippen molar-refractivity contribution >= 4 is 22.4 Å². The maximum atomic E-state index is 11.6. The number of thiazole rings is 1. The monoisotopic (exact) mass is 255 g/mol. The summed E-state index contributed by atoms with van der Waals surface area (Å²) < 4.78 is 0. The van der Waals surface area contributed by atoms with Crippen LogP contribution in [0.3, 0.4) is 0 Å². The number of hydrogen-bond donors (Lipinski definition) is 2. The minimum absolute atomic E-state index is 0.0513. The summed E-state index contributed by atoms with van der Waals surface area (Å²) in [6, 6.07) is 0. The van der Waals surface area contributed by atoms with Gasteiger partial charge in [-0.2, -0.15) is 0 Å². The van der Waals surface area contributed by atoms with Crippen molar-refractivity contribution in [3.05, 3.63) is 11.1 Å². The van der Waals surface area contributed by atoms with Crippen LogP contribution in [-0.4, -0.2) is 23.0 Å². The molecule has 0 fully saturated rings. The zero-order chi connectivity index (χ0) is 13.1. The molecule has 5 heteroatoms. The number of nitrogens with one attached hydrogen (secondary N) is 2. The number of aromatic nitrogens is 1. The molecule has 0 spiro atoms. The Bertz CT molecular complexity index is 379. The van der Waals surface area contributed by atoms with E-state index in [1.54, 1.807) is 0 Å². The third-order valence-corrected chi connectivity index (χ3v) is 2.92. The number of carbonyl (C=O) groups is 1. The topological polar surface area (TPSA) is 54.0 Å². The van der Waals surface area contributed by atoms with E-state index in [-0.39, 0.29) is 11.4 Å². The fraction of sp³-hybridized carbons (Fsp3) is 0.667. The lowest BCUT2D eigenvalue weighted by molar-refractivity contribution is -0.115. The molecule has 0 aliphatic carbocycles. The van der Waals surface area contributed by atoms with Crippen LogP contribution in [0.15, 0.2) is 5.38 Å². The van der Waals surface area contributed by atoms with Gasteiger partial charge in [0.1, 0.15) is 0 Å². The first kappa shape index (κ1) is 14.1. The van der Waals surface area contributed by atoms with Gasteiger partial charge in [0.15, 0.2) is 5.13 Å². The molecule has 1 rings (SSSR count). The molecule has 0 aliphatic heterocycles. The summed E-state index contributed by atoms with van der Waals surface area (Å²) in [7, 11) is 0. The molecule has 0 saturated heterocycles. The van der Waals surface area contributed by atoms with E-state index in [4.69, 9.17) is 0 Å². The molecule has 1 heterocycles. The average Bonchev–Trinajstić information content (AvgIpc) is 2.62. The number of carbonyl (C=O) groups excluding carboxylic acids is 1. The van der Waals surface area contributed by atoms with Gasteiger partial charge in [0, 0.05) is 10.9 Å². The Morgan fingerprint density at radius 3 is 2.59 bits per heavy atom. The number of hydrogen-bond acceptors (Lipinski definition) is 4. The number of anilines is 1. The van der Waals surface area contributed by atoms with Crippen molar-refractivity contribution in [1.29, 1.82) is 0 Å². The predicted octanol–water partition coefficient (Wildman–Crippen LogP) is 2.59. The molecule has 1 amide bonds. The van der Waals surface area contributed by atoms with Crippen LogP contribution in [0.5, 0.6) is 0 Å². The van der Waals surface area contributed by atoms with Gasteiger partial charge in [-0.15, -0.1) is 11.3 Å². The standard InChI is InChI=1S/C12H21N3OS/c1-8(2)9-7-17-11(14-9)15-10(16)6-13-12(3,4)5/h7-8,13H,6H2,1-5H3,(H,14,15,16). The van der Waals surface area contributed by atoms with E-state index in [1.165, 1.54) is 11.3 Å². The Hall–Kier alpha value is -0.940. The van der Waals surface area contributed by atoms with E-state index in [2.05, 4.69) is 29.5 Å². The molecular weight excluding hydrogens is 234 g/mol. The van der Waals surface area contributed by atoms with Gasteiger partial charge in [-0.25, -0.2) is 4.98 Å². The van der Waals surface area contributed by atoms with Gasteiger partial charge in [0.25, 0.3) is 0 Å². The van der Waals surface area contributed by atoms with E-state index in [0.717, 1.165) is 5.69 Å². The second-order valence-corrected chi connectivity index (χ2v) is 6.24. The Balaban J connectivity index is 2.45. The summed E-state index contributed by atoms with van der Waals surface area (Å²) >= 11 is 1.47. The fourth-order valence-electron chi connectivity index (χ4n) is 1.12. The second kappa shape index (κ2) is 5.60. The molecule has 0 radical (unpaired) electrons. The zero-order valence-corrected chi connectivity index (χ0v) is 11.9. The maximum absolute atomic E-state index is 11.6. The molecule has 0 aromatic carbocycles. The van der Waals surface area contributed by atoms with Crippen molar-refractivity contribution in [3.8, 4) is 0 Å². The summed E-state index contributed by atoms with van der Waals surface area (Å²) in [5, 5.41) is 8.59. The molecule has 1 aromatic rings. The van der Waals surface area contributed by atoms with Crippen LogP contribution < -0.4 is 10.6 Å². The highest BCUT2D eigenvalue weighted by Gasteiger charge is 2.12. The summed E-state index contributed by atoms with van der Waals surface area (Å²) in [6.45, 7) is 10.6. The molecule has 17 heavy (non-hydrogen) atoms. The van der Waals surface area contributed by atoms with Crippen molar-refractivity contribution in [2.45, 2.75) is 46.1 Å². The van der Waals surface area contributed by atoms with Crippen LogP contribution in [0.1, 0.15) is 46.2 Å². The van der Waals surface area contributed by atoms with E-state index in [0.29, 0.717) is 17.6 Å². The van der Waals surface area contributed by atoms with Gasteiger partial charge < -0.3 is 10.6 Å². The molecule has 0 saturated carbocycles. The van der Waals surface area contributed by atoms with Gasteiger partial charge in [-0.05, 0) is 26.7 Å². The SMILES string of the molecule is CC(C)c1csc(NC(=O)CNC(C)(C)C)n1. The van der Waals surface area contributed by atoms with Gasteiger partial charge in [0.2, 0.25) is 5.91 Å². The Morgan fingerprint density at radius 2 is 2.12 bits per heavy atom. The Labute approximate surface area is 107 Å². The molecule has 2 N–H and O–H groups in total.